The van der Waals surface area contributed by atoms with Crippen LogP contribution in [0.2, 0.25) is 0 Å². The molecule has 2 aromatic rings. The van der Waals surface area contributed by atoms with Crippen LogP contribution < -0.4 is 5.32 Å². The summed E-state index contributed by atoms with van der Waals surface area (Å²) in [6.45, 7) is 3.34. The van der Waals surface area contributed by atoms with E-state index in [1.54, 1.807) is 6.20 Å². The first kappa shape index (κ1) is 13.8. The van der Waals surface area contributed by atoms with Crippen molar-refractivity contribution < 1.29 is 4.74 Å². The molecule has 0 atom stereocenters. The first-order chi connectivity index (χ1) is 9.45. The van der Waals surface area contributed by atoms with Crippen molar-refractivity contribution in [3.8, 4) is 0 Å². The Bertz CT molecular complexity index is 428. The Balaban J connectivity index is 1.42. The van der Waals surface area contributed by atoms with Crippen molar-refractivity contribution in [2.45, 2.75) is 19.4 Å². The van der Waals surface area contributed by atoms with Crippen LogP contribution in [0.25, 0.3) is 0 Å². The summed E-state index contributed by atoms with van der Waals surface area (Å²) in [5.41, 5.74) is 1.33. The van der Waals surface area contributed by atoms with Crippen molar-refractivity contribution in [3.63, 3.8) is 0 Å². The van der Waals surface area contributed by atoms with E-state index in [4.69, 9.17) is 4.74 Å². The van der Waals surface area contributed by atoms with Crippen LogP contribution in [0, 0.1) is 0 Å². The molecular formula is C15H21N3O. The summed E-state index contributed by atoms with van der Waals surface area (Å²) < 4.78 is 5.61. The maximum atomic E-state index is 5.61. The molecule has 1 heterocycles. The number of nitrogens with one attached hydrogen (secondary N) is 2. The summed E-state index contributed by atoms with van der Waals surface area (Å²) in [5.74, 6) is 0.977. The maximum absolute atomic E-state index is 5.61. The number of benzene rings is 1. The van der Waals surface area contributed by atoms with Gasteiger partial charge in [-0.2, -0.15) is 0 Å². The van der Waals surface area contributed by atoms with Crippen LogP contribution in [-0.2, 0) is 17.7 Å². The fraction of sp³-hybridized carbons (Fsp3) is 0.400. The summed E-state index contributed by atoms with van der Waals surface area (Å²) in [7, 11) is 0. The van der Waals surface area contributed by atoms with Crippen molar-refractivity contribution in [1.29, 1.82) is 0 Å². The first-order valence-electron chi connectivity index (χ1n) is 6.76. The van der Waals surface area contributed by atoms with Crippen LogP contribution >= 0.6 is 0 Å². The molecule has 102 valence electrons. The fourth-order valence-electron chi connectivity index (χ4n) is 1.84. The fourth-order valence-corrected chi connectivity index (χ4v) is 1.84. The number of aromatic amines is 1. The minimum atomic E-state index is 0.789. The van der Waals surface area contributed by atoms with Gasteiger partial charge in [0.25, 0.3) is 0 Å². The quantitative estimate of drug-likeness (QED) is 0.678. The molecule has 0 radical (unpaired) electrons. The Kier molecular flexibility index (Phi) is 6.13. The van der Waals surface area contributed by atoms with E-state index in [0.717, 1.165) is 45.0 Å². The molecule has 0 aliphatic heterocycles. The second kappa shape index (κ2) is 8.45. The highest BCUT2D eigenvalue weighted by Gasteiger charge is 1.94. The Labute approximate surface area is 114 Å². The predicted molar refractivity (Wildman–Crippen MR) is 75.9 cm³/mol. The molecule has 0 aliphatic carbocycles. The summed E-state index contributed by atoms with van der Waals surface area (Å²) >= 11 is 0. The van der Waals surface area contributed by atoms with Gasteiger partial charge in [0, 0.05) is 19.0 Å². The van der Waals surface area contributed by atoms with E-state index >= 15 is 0 Å². The lowest BCUT2D eigenvalue weighted by Crippen LogP contribution is -2.17. The third-order valence-corrected chi connectivity index (χ3v) is 2.87. The van der Waals surface area contributed by atoms with Gasteiger partial charge in [-0.05, 0) is 24.9 Å². The minimum Gasteiger partial charge on any atom is -0.381 e. The molecule has 1 aromatic carbocycles. The molecule has 19 heavy (non-hydrogen) atoms. The van der Waals surface area contributed by atoms with E-state index in [1.807, 2.05) is 12.3 Å². The zero-order chi connectivity index (χ0) is 13.2. The Hall–Kier alpha value is -1.65. The number of imidazole rings is 1. The van der Waals surface area contributed by atoms with Crippen LogP contribution in [0.3, 0.4) is 0 Å². The Morgan fingerprint density at radius 2 is 2.05 bits per heavy atom. The number of aromatic nitrogens is 2. The SMILES string of the molecule is c1ccc(CCOCCCNCc2ncc[nH]2)cc1. The third-order valence-electron chi connectivity index (χ3n) is 2.87. The van der Waals surface area contributed by atoms with Crippen molar-refractivity contribution in [3.05, 3.63) is 54.1 Å². The molecule has 0 fully saturated rings. The lowest BCUT2D eigenvalue weighted by Gasteiger charge is -2.05. The van der Waals surface area contributed by atoms with Crippen molar-refractivity contribution >= 4 is 0 Å². The molecule has 4 heteroatoms. The van der Waals surface area contributed by atoms with Crippen LogP contribution in [0.5, 0.6) is 0 Å². The number of hydrogen-bond donors (Lipinski definition) is 2. The first-order valence-corrected chi connectivity index (χ1v) is 6.76. The van der Waals surface area contributed by atoms with E-state index in [9.17, 15) is 0 Å². The van der Waals surface area contributed by atoms with E-state index in [1.165, 1.54) is 5.56 Å². The molecule has 0 spiro atoms. The van der Waals surface area contributed by atoms with Gasteiger partial charge in [0.1, 0.15) is 5.82 Å². The van der Waals surface area contributed by atoms with Gasteiger partial charge in [0.15, 0.2) is 0 Å². The molecular weight excluding hydrogens is 238 g/mol. The Morgan fingerprint density at radius 1 is 1.16 bits per heavy atom. The normalized spacial score (nSPS) is 10.7. The second-order valence-electron chi connectivity index (χ2n) is 4.41. The third kappa shape index (κ3) is 5.68. The predicted octanol–water partition coefficient (Wildman–Crippen LogP) is 2.15. The minimum absolute atomic E-state index is 0.789. The molecule has 0 amide bonds. The zero-order valence-electron chi connectivity index (χ0n) is 11.1. The summed E-state index contributed by atoms with van der Waals surface area (Å²) in [6, 6.07) is 10.4. The standard InChI is InChI=1S/C15H21N3O/c1-2-5-14(6-3-1)7-12-19-11-4-8-16-13-15-17-9-10-18-15/h1-3,5-6,9-10,16H,4,7-8,11-13H2,(H,17,18). The lowest BCUT2D eigenvalue weighted by molar-refractivity contribution is 0.134. The number of ether oxygens (including phenoxy) is 1. The van der Waals surface area contributed by atoms with E-state index in [2.05, 4.69) is 39.6 Å². The molecule has 0 bridgehead atoms. The molecule has 4 nitrogen and oxygen atoms in total. The van der Waals surface area contributed by atoms with Crippen LogP contribution in [0.15, 0.2) is 42.7 Å². The molecule has 1 aromatic heterocycles. The van der Waals surface area contributed by atoms with E-state index in [0.29, 0.717) is 0 Å². The number of H-pyrrole nitrogens is 1. The largest absolute Gasteiger partial charge is 0.381 e. The maximum Gasteiger partial charge on any atom is 0.120 e. The molecule has 0 saturated carbocycles. The number of hydrogen-bond acceptors (Lipinski definition) is 3. The summed E-state index contributed by atoms with van der Waals surface area (Å²) in [6.07, 6.45) is 5.61. The monoisotopic (exact) mass is 259 g/mol. The van der Waals surface area contributed by atoms with Crippen LogP contribution in [-0.4, -0.2) is 29.7 Å². The van der Waals surface area contributed by atoms with Crippen molar-refractivity contribution in [1.82, 2.24) is 15.3 Å². The van der Waals surface area contributed by atoms with Crippen molar-refractivity contribution in [2.75, 3.05) is 19.8 Å². The van der Waals surface area contributed by atoms with Gasteiger partial charge in [-0.25, -0.2) is 4.98 Å². The molecule has 0 saturated heterocycles. The highest BCUT2D eigenvalue weighted by Crippen LogP contribution is 1.99. The highest BCUT2D eigenvalue weighted by atomic mass is 16.5. The van der Waals surface area contributed by atoms with Gasteiger partial charge in [0.2, 0.25) is 0 Å². The molecule has 0 unspecified atom stereocenters. The Morgan fingerprint density at radius 3 is 2.84 bits per heavy atom. The molecule has 2 N–H and O–H groups in total. The molecule has 2 rings (SSSR count). The topological polar surface area (TPSA) is 49.9 Å². The molecule has 0 aliphatic rings. The highest BCUT2D eigenvalue weighted by molar-refractivity contribution is 5.14. The average molecular weight is 259 g/mol. The van der Waals surface area contributed by atoms with Gasteiger partial charge in [-0.1, -0.05) is 30.3 Å². The van der Waals surface area contributed by atoms with Gasteiger partial charge in [-0.3, -0.25) is 0 Å². The van der Waals surface area contributed by atoms with Crippen molar-refractivity contribution in [2.24, 2.45) is 0 Å². The zero-order valence-corrected chi connectivity index (χ0v) is 11.1. The van der Waals surface area contributed by atoms with Gasteiger partial charge >= 0.3 is 0 Å². The summed E-state index contributed by atoms with van der Waals surface area (Å²) in [5, 5.41) is 3.32. The van der Waals surface area contributed by atoms with Crippen LogP contribution in [0.4, 0.5) is 0 Å². The smallest absolute Gasteiger partial charge is 0.120 e. The van der Waals surface area contributed by atoms with Gasteiger partial charge in [0.05, 0.1) is 13.2 Å². The van der Waals surface area contributed by atoms with E-state index < -0.39 is 0 Å². The van der Waals surface area contributed by atoms with Gasteiger partial charge < -0.3 is 15.0 Å². The van der Waals surface area contributed by atoms with E-state index in [-0.39, 0.29) is 0 Å². The van der Waals surface area contributed by atoms with Gasteiger partial charge in [-0.15, -0.1) is 0 Å². The second-order valence-corrected chi connectivity index (χ2v) is 4.41. The lowest BCUT2D eigenvalue weighted by atomic mass is 10.2. The average Bonchev–Trinajstić information content (AvgIpc) is 2.96. The number of rotatable bonds is 9. The van der Waals surface area contributed by atoms with Crippen LogP contribution in [0.1, 0.15) is 17.8 Å². The number of nitrogens with zero attached hydrogens (tertiary/aromatic N) is 1. The summed E-state index contributed by atoms with van der Waals surface area (Å²) in [4.78, 5) is 7.21.